The first kappa shape index (κ1) is 16.2. The lowest BCUT2D eigenvalue weighted by Gasteiger charge is -2.11. The summed E-state index contributed by atoms with van der Waals surface area (Å²) in [4.78, 5) is 34.9. The lowest BCUT2D eigenvalue weighted by atomic mass is 9.98. The second kappa shape index (κ2) is 6.27. The Balaban J connectivity index is 2.52. The smallest absolute Gasteiger partial charge is 0.336 e. The maximum absolute atomic E-state index is 11.9. The molecule has 0 aliphatic carbocycles. The van der Waals surface area contributed by atoms with Crippen molar-refractivity contribution in [1.29, 1.82) is 0 Å². The van der Waals surface area contributed by atoms with Gasteiger partial charge >= 0.3 is 5.97 Å². The molecule has 0 atom stereocenters. The zero-order valence-corrected chi connectivity index (χ0v) is 12.5. The number of carbonyl (C=O) groups is 2. The van der Waals surface area contributed by atoms with Crippen molar-refractivity contribution in [2.45, 2.75) is 0 Å². The van der Waals surface area contributed by atoms with Gasteiger partial charge < -0.3 is 10.0 Å². The number of hydrogen-bond acceptors (Lipinski definition) is 4. The van der Waals surface area contributed by atoms with Crippen molar-refractivity contribution in [2.24, 2.45) is 0 Å². The van der Waals surface area contributed by atoms with E-state index in [4.69, 9.17) is 0 Å². The molecule has 0 aliphatic heterocycles. The number of aromatic carboxylic acids is 1. The van der Waals surface area contributed by atoms with Crippen molar-refractivity contribution in [2.75, 3.05) is 14.1 Å². The third kappa shape index (κ3) is 3.34. The van der Waals surface area contributed by atoms with E-state index in [0.717, 1.165) is 6.07 Å². The van der Waals surface area contributed by atoms with Crippen LogP contribution in [0.5, 0.6) is 0 Å². The summed E-state index contributed by atoms with van der Waals surface area (Å²) in [6.07, 6.45) is 0. The van der Waals surface area contributed by atoms with Gasteiger partial charge in [0.25, 0.3) is 11.6 Å². The van der Waals surface area contributed by atoms with Gasteiger partial charge in [-0.05, 0) is 23.8 Å². The molecule has 1 N–H and O–H groups in total. The molecule has 0 saturated heterocycles. The first-order chi connectivity index (χ1) is 10.8. The predicted octanol–water partition coefficient (Wildman–Crippen LogP) is 2.66. The molecule has 0 aromatic heterocycles. The van der Waals surface area contributed by atoms with E-state index in [-0.39, 0.29) is 22.7 Å². The van der Waals surface area contributed by atoms with Gasteiger partial charge in [-0.25, -0.2) is 4.79 Å². The van der Waals surface area contributed by atoms with Crippen LogP contribution < -0.4 is 0 Å². The fourth-order valence-electron chi connectivity index (χ4n) is 2.12. The first-order valence-corrected chi connectivity index (χ1v) is 6.65. The van der Waals surface area contributed by atoms with Gasteiger partial charge in [-0.15, -0.1) is 0 Å². The summed E-state index contributed by atoms with van der Waals surface area (Å²) in [6.45, 7) is 0. The van der Waals surface area contributed by atoms with E-state index in [2.05, 4.69) is 0 Å². The van der Waals surface area contributed by atoms with Crippen LogP contribution in [-0.2, 0) is 0 Å². The average molecular weight is 314 g/mol. The Hall–Kier alpha value is -3.22. The molecule has 7 nitrogen and oxygen atoms in total. The van der Waals surface area contributed by atoms with E-state index in [1.165, 1.54) is 17.0 Å². The van der Waals surface area contributed by atoms with Crippen molar-refractivity contribution in [3.63, 3.8) is 0 Å². The molecule has 7 heteroatoms. The standard InChI is InChI=1S/C16H14N2O5/c1-17(2)15(19)11-5-3-10(4-6-11)14-9-12(18(22)23)7-8-13(14)16(20)21/h3-9H,1-2H3,(H,20,21). The first-order valence-electron chi connectivity index (χ1n) is 6.65. The number of amides is 1. The Morgan fingerprint density at radius 2 is 1.70 bits per heavy atom. The number of carbonyl (C=O) groups excluding carboxylic acids is 1. The molecule has 0 spiro atoms. The maximum Gasteiger partial charge on any atom is 0.336 e. The molecule has 0 aliphatic rings. The number of nitro groups is 1. The quantitative estimate of drug-likeness (QED) is 0.690. The van der Waals surface area contributed by atoms with E-state index < -0.39 is 10.9 Å². The summed E-state index contributed by atoms with van der Waals surface area (Å²) >= 11 is 0. The van der Waals surface area contributed by atoms with Crippen LogP contribution in [-0.4, -0.2) is 40.9 Å². The lowest BCUT2D eigenvalue weighted by Crippen LogP contribution is -2.21. The molecule has 118 valence electrons. The fraction of sp³-hybridized carbons (Fsp3) is 0.125. The highest BCUT2D eigenvalue weighted by atomic mass is 16.6. The summed E-state index contributed by atoms with van der Waals surface area (Å²) in [5.41, 5.74) is 0.929. The highest BCUT2D eigenvalue weighted by Gasteiger charge is 2.17. The molecule has 0 radical (unpaired) electrons. The van der Waals surface area contributed by atoms with E-state index in [1.54, 1.807) is 38.4 Å². The van der Waals surface area contributed by atoms with E-state index in [1.807, 2.05) is 0 Å². The van der Waals surface area contributed by atoms with Crippen molar-refractivity contribution in [3.05, 3.63) is 63.7 Å². The number of nitrogens with zero attached hydrogens (tertiary/aromatic N) is 2. The molecular weight excluding hydrogens is 300 g/mol. The SMILES string of the molecule is CN(C)C(=O)c1ccc(-c2cc([N+](=O)[O-])ccc2C(=O)O)cc1. The molecule has 2 rings (SSSR count). The van der Waals surface area contributed by atoms with Gasteiger partial charge in [0.05, 0.1) is 10.5 Å². The third-order valence-electron chi connectivity index (χ3n) is 3.29. The Morgan fingerprint density at radius 1 is 1.09 bits per heavy atom. The summed E-state index contributed by atoms with van der Waals surface area (Å²) < 4.78 is 0. The molecule has 2 aromatic rings. The number of hydrogen-bond donors (Lipinski definition) is 1. The molecule has 23 heavy (non-hydrogen) atoms. The minimum absolute atomic E-state index is 0.0395. The Morgan fingerprint density at radius 3 is 2.17 bits per heavy atom. The second-order valence-corrected chi connectivity index (χ2v) is 5.07. The van der Waals surface area contributed by atoms with Crippen LogP contribution in [0.4, 0.5) is 5.69 Å². The molecule has 0 unspecified atom stereocenters. The predicted molar refractivity (Wildman–Crippen MR) is 83.5 cm³/mol. The minimum Gasteiger partial charge on any atom is -0.478 e. The zero-order chi connectivity index (χ0) is 17.1. The van der Waals surface area contributed by atoms with E-state index in [9.17, 15) is 24.8 Å². The summed E-state index contributed by atoms with van der Waals surface area (Å²) in [6, 6.07) is 9.83. The molecular formula is C16H14N2O5. The Kier molecular flexibility index (Phi) is 4.40. The van der Waals surface area contributed by atoms with Gasteiger partial charge in [-0.2, -0.15) is 0 Å². The number of carboxylic acids is 1. The molecule has 0 bridgehead atoms. The topological polar surface area (TPSA) is 101 Å². The van der Waals surface area contributed by atoms with Gasteiger partial charge in [0, 0.05) is 37.4 Å². The third-order valence-corrected chi connectivity index (χ3v) is 3.29. The monoisotopic (exact) mass is 314 g/mol. The highest BCUT2D eigenvalue weighted by molar-refractivity contribution is 5.98. The van der Waals surface area contributed by atoms with Gasteiger partial charge in [0.1, 0.15) is 0 Å². The Labute approximate surface area is 131 Å². The molecule has 0 saturated carbocycles. The Bertz CT molecular complexity index is 782. The van der Waals surface area contributed by atoms with Crippen LogP contribution in [0.2, 0.25) is 0 Å². The number of non-ortho nitro benzene ring substituents is 1. The fourth-order valence-corrected chi connectivity index (χ4v) is 2.12. The van der Waals surface area contributed by atoms with Crippen molar-refractivity contribution in [1.82, 2.24) is 4.90 Å². The van der Waals surface area contributed by atoms with Crippen molar-refractivity contribution < 1.29 is 19.6 Å². The minimum atomic E-state index is -1.18. The maximum atomic E-state index is 11.9. The number of carboxylic acid groups (broad SMARTS) is 1. The van der Waals surface area contributed by atoms with Crippen LogP contribution in [0, 0.1) is 10.1 Å². The second-order valence-electron chi connectivity index (χ2n) is 5.07. The number of nitro benzene ring substituents is 1. The summed E-state index contributed by atoms with van der Waals surface area (Å²) in [5, 5.41) is 20.1. The zero-order valence-electron chi connectivity index (χ0n) is 12.5. The normalized spacial score (nSPS) is 10.2. The van der Waals surface area contributed by atoms with Crippen molar-refractivity contribution in [3.8, 4) is 11.1 Å². The largest absolute Gasteiger partial charge is 0.478 e. The van der Waals surface area contributed by atoms with Crippen LogP contribution in [0.1, 0.15) is 20.7 Å². The van der Waals surface area contributed by atoms with Crippen LogP contribution in [0.3, 0.4) is 0 Å². The molecule has 0 heterocycles. The van der Waals surface area contributed by atoms with Gasteiger partial charge in [-0.1, -0.05) is 12.1 Å². The highest BCUT2D eigenvalue weighted by Crippen LogP contribution is 2.28. The van der Waals surface area contributed by atoms with Crippen molar-refractivity contribution >= 4 is 17.6 Å². The van der Waals surface area contributed by atoms with Crippen LogP contribution >= 0.6 is 0 Å². The number of rotatable bonds is 4. The molecule has 1 amide bonds. The summed E-state index contributed by atoms with van der Waals surface area (Å²) in [7, 11) is 3.25. The summed E-state index contributed by atoms with van der Waals surface area (Å²) in [5.74, 6) is -1.36. The van der Waals surface area contributed by atoms with Gasteiger partial charge in [-0.3, -0.25) is 14.9 Å². The van der Waals surface area contributed by atoms with Crippen LogP contribution in [0.15, 0.2) is 42.5 Å². The van der Waals surface area contributed by atoms with E-state index in [0.29, 0.717) is 11.1 Å². The lowest BCUT2D eigenvalue weighted by molar-refractivity contribution is -0.384. The van der Waals surface area contributed by atoms with E-state index >= 15 is 0 Å². The average Bonchev–Trinajstić information content (AvgIpc) is 2.53. The van der Waals surface area contributed by atoms with Gasteiger partial charge in [0.15, 0.2) is 0 Å². The molecule has 0 fully saturated rings. The number of benzene rings is 2. The van der Waals surface area contributed by atoms with Crippen LogP contribution in [0.25, 0.3) is 11.1 Å². The van der Waals surface area contributed by atoms with Gasteiger partial charge in [0.2, 0.25) is 0 Å². The molecule has 2 aromatic carbocycles.